The molecule has 1 aliphatic rings. The maximum Gasteiger partial charge on any atom is 0.409 e. The molecule has 1 amide bonds. The Bertz CT molecular complexity index is 885. The highest BCUT2D eigenvalue weighted by Gasteiger charge is 2.23. The van der Waals surface area contributed by atoms with Crippen molar-refractivity contribution in [3.8, 4) is 0 Å². The standard InChI is InChI=1S/C22H23ClN2O3/c1-2-28-22(27)25-11-8-16(9-12-25)20(17-5-3-7-19(23)13-17)14-18-6-4-10-24-21(18)15-26/h3-7,10,13,15H,2,8-9,11-12,14H2,1H3. The Kier molecular flexibility index (Phi) is 6.82. The number of carbonyl (C=O) groups is 2. The van der Waals surface area contributed by atoms with Crippen molar-refractivity contribution in [3.05, 3.63) is 70.0 Å². The molecule has 28 heavy (non-hydrogen) atoms. The second-order valence-corrected chi connectivity index (χ2v) is 7.06. The average molecular weight is 399 g/mol. The quantitative estimate of drug-likeness (QED) is 0.679. The first kappa shape index (κ1) is 20.1. The van der Waals surface area contributed by atoms with Gasteiger partial charge in [0, 0.05) is 30.7 Å². The normalized spacial score (nSPS) is 13.9. The number of halogens is 1. The number of rotatable bonds is 5. The van der Waals surface area contributed by atoms with E-state index in [0.29, 0.717) is 36.8 Å². The van der Waals surface area contributed by atoms with Crippen molar-refractivity contribution in [2.75, 3.05) is 19.7 Å². The third kappa shape index (κ3) is 4.78. The lowest BCUT2D eigenvalue weighted by molar-refractivity contribution is 0.104. The van der Waals surface area contributed by atoms with Gasteiger partial charge in [-0.2, -0.15) is 0 Å². The van der Waals surface area contributed by atoms with E-state index in [2.05, 4.69) is 4.98 Å². The van der Waals surface area contributed by atoms with E-state index in [9.17, 15) is 9.59 Å². The Balaban J connectivity index is 1.92. The topological polar surface area (TPSA) is 59.5 Å². The number of amides is 1. The number of hydrogen-bond acceptors (Lipinski definition) is 4. The van der Waals surface area contributed by atoms with Crippen molar-refractivity contribution >= 4 is 29.6 Å². The van der Waals surface area contributed by atoms with Crippen LogP contribution in [0.4, 0.5) is 4.79 Å². The molecule has 0 radical (unpaired) electrons. The Labute approximate surface area is 170 Å². The maximum atomic E-state index is 12.0. The first-order valence-corrected chi connectivity index (χ1v) is 9.77. The molecule has 3 rings (SSSR count). The number of nitrogens with zero attached hydrogens (tertiary/aromatic N) is 2. The van der Waals surface area contributed by atoms with Crippen LogP contribution in [0.25, 0.3) is 5.57 Å². The summed E-state index contributed by atoms with van der Waals surface area (Å²) < 4.78 is 5.11. The number of likely N-dealkylation sites (tertiary alicyclic amines) is 1. The molecule has 0 N–H and O–H groups in total. The summed E-state index contributed by atoms with van der Waals surface area (Å²) in [6.45, 7) is 3.42. The zero-order chi connectivity index (χ0) is 19.9. The summed E-state index contributed by atoms with van der Waals surface area (Å²) in [6.07, 6.45) is 4.27. The summed E-state index contributed by atoms with van der Waals surface area (Å²) in [5.41, 5.74) is 4.78. The molecule has 0 bridgehead atoms. The van der Waals surface area contributed by atoms with Crippen LogP contribution in [-0.4, -0.2) is 42.0 Å². The molecule has 6 heteroatoms. The number of aromatic nitrogens is 1. The molecule has 2 heterocycles. The van der Waals surface area contributed by atoms with E-state index in [1.807, 2.05) is 43.3 Å². The molecule has 0 spiro atoms. The lowest BCUT2D eigenvalue weighted by Crippen LogP contribution is -2.37. The number of hydrogen-bond donors (Lipinski definition) is 0. The van der Waals surface area contributed by atoms with Gasteiger partial charge < -0.3 is 9.64 Å². The van der Waals surface area contributed by atoms with Gasteiger partial charge in [-0.25, -0.2) is 4.79 Å². The van der Waals surface area contributed by atoms with E-state index in [4.69, 9.17) is 16.3 Å². The fourth-order valence-corrected chi connectivity index (χ4v) is 3.67. The minimum Gasteiger partial charge on any atom is -0.450 e. The first-order valence-electron chi connectivity index (χ1n) is 9.40. The average Bonchev–Trinajstić information content (AvgIpc) is 2.72. The third-order valence-electron chi connectivity index (χ3n) is 4.90. The molecule has 0 atom stereocenters. The lowest BCUT2D eigenvalue weighted by Gasteiger charge is -2.29. The smallest absolute Gasteiger partial charge is 0.409 e. The van der Waals surface area contributed by atoms with Crippen LogP contribution in [-0.2, 0) is 11.2 Å². The summed E-state index contributed by atoms with van der Waals surface area (Å²) in [6, 6.07) is 11.5. The van der Waals surface area contributed by atoms with Crippen LogP contribution in [0.5, 0.6) is 0 Å². The number of aldehydes is 1. The minimum absolute atomic E-state index is 0.263. The molecular formula is C22H23ClN2O3. The van der Waals surface area contributed by atoms with E-state index in [1.165, 1.54) is 5.57 Å². The van der Waals surface area contributed by atoms with Gasteiger partial charge in [0.05, 0.1) is 6.61 Å². The summed E-state index contributed by atoms with van der Waals surface area (Å²) in [7, 11) is 0. The van der Waals surface area contributed by atoms with Crippen LogP contribution < -0.4 is 0 Å². The van der Waals surface area contributed by atoms with Crippen LogP contribution in [0.3, 0.4) is 0 Å². The summed E-state index contributed by atoms with van der Waals surface area (Å²) in [4.78, 5) is 29.3. The Morgan fingerprint density at radius 2 is 2.04 bits per heavy atom. The van der Waals surface area contributed by atoms with Crippen LogP contribution in [0.15, 0.2) is 48.2 Å². The van der Waals surface area contributed by atoms with Gasteiger partial charge in [0.2, 0.25) is 0 Å². The molecule has 146 valence electrons. The SMILES string of the molecule is CCOC(=O)N1CCC(=C(Cc2cccnc2C=O)c2cccc(Cl)c2)CC1. The molecule has 2 aromatic rings. The fourth-order valence-electron chi connectivity index (χ4n) is 3.48. The van der Waals surface area contributed by atoms with Crippen molar-refractivity contribution in [3.63, 3.8) is 0 Å². The number of allylic oxidation sites excluding steroid dienone is 1. The largest absolute Gasteiger partial charge is 0.450 e. The van der Waals surface area contributed by atoms with Crippen molar-refractivity contribution < 1.29 is 14.3 Å². The highest BCUT2D eigenvalue weighted by Crippen LogP contribution is 2.31. The van der Waals surface area contributed by atoms with Crippen molar-refractivity contribution in [1.82, 2.24) is 9.88 Å². The summed E-state index contributed by atoms with van der Waals surface area (Å²) in [5, 5.41) is 0.668. The van der Waals surface area contributed by atoms with E-state index >= 15 is 0 Å². The van der Waals surface area contributed by atoms with Crippen molar-refractivity contribution in [2.24, 2.45) is 0 Å². The third-order valence-corrected chi connectivity index (χ3v) is 5.13. The summed E-state index contributed by atoms with van der Waals surface area (Å²) >= 11 is 6.23. The molecule has 1 fully saturated rings. The highest BCUT2D eigenvalue weighted by atomic mass is 35.5. The van der Waals surface area contributed by atoms with Gasteiger partial charge >= 0.3 is 6.09 Å². The Hall–Kier alpha value is -2.66. The fraction of sp³-hybridized carbons (Fsp3) is 0.318. The molecule has 1 aliphatic heterocycles. The van der Waals surface area contributed by atoms with Gasteiger partial charge in [0.15, 0.2) is 6.29 Å². The van der Waals surface area contributed by atoms with Gasteiger partial charge in [-0.05, 0) is 54.7 Å². The van der Waals surface area contributed by atoms with Crippen LogP contribution in [0.2, 0.25) is 5.02 Å². The van der Waals surface area contributed by atoms with Gasteiger partial charge in [-0.15, -0.1) is 0 Å². The minimum atomic E-state index is -0.263. The Morgan fingerprint density at radius 3 is 2.71 bits per heavy atom. The second kappa shape index (κ2) is 9.51. The van der Waals surface area contributed by atoms with E-state index in [1.54, 1.807) is 11.1 Å². The predicted octanol–water partition coefficient (Wildman–Crippen LogP) is 4.80. The molecule has 1 aromatic heterocycles. The first-order chi connectivity index (χ1) is 13.6. The van der Waals surface area contributed by atoms with Crippen molar-refractivity contribution in [2.45, 2.75) is 26.2 Å². The van der Waals surface area contributed by atoms with Gasteiger partial charge in [0.25, 0.3) is 0 Å². The Morgan fingerprint density at radius 1 is 1.25 bits per heavy atom. The molecule has 0 aliphatic carbocycles. The van der Waals surface area contributed by atoms with Gasteiger partial charge in [-0.1, -0.05) is 35.4 Å². The van der Waals surface area contributed by atoms with Crippen LogP contribution in [0.1, 0.15) is 41.4 Å². The molecule has 5 nitrogen and oxygen atoms in total. The number of ether oxygens (including phenoxy) is 1. The predicted molar refractivity (Wildman–Crippen MR) is 110 cm³/mol. The molecule has 1 aromatic carbocycles. The van der Waals surface area contributed by atoms with E-state index in [0.717, 1.165) is 35.8 Å². The number of piperidine rings is 1. The molecular weight excluding hydrogens is 376 g/mol. The monoisotopic (exact) mass is 398 g/mol. The molecule has 0 saturated carbocycles. The van der Waals surface area contributed by atoms with Gasteiger partial charge in [-0.3, -0.25) is 9.78 Å². The number of benzene rings is 1. The van der Waals surface area contributed by atoms with Crippen LogP contribution >= 0.6 is 11.6 Å². The molecule has 0 unspecified atom stereocenters. The number of pyridine rings is 1. The lowest BCUT2D eigenvalue weighted by atomic mass is 9.88. The zero-order valence-corrected chi connectivity index (χ0v) is 16.6. The number of carbonyl (C=O) groups excluding carboxylic acids is 2. The maximum absolute atomic E-state index is 12.0. The summed E-state index contributed by atoms with van der Waals surface area (Å²) in [5.74, 6) is 0. The van der Waals surface area contributed by atoms with Crippen LogP contribution in [0, 0.1) is 0 Å². The second-order valence-electron chi connectivity index (χ2n) is 6.62. The van der Waals surface area contributed by atoms with Crippen molar-refractivity contribution in [1.29, 1.82) is 0 Å². The highest BCUT2D eigenvalue weighted by molar-refractivity contribution is 6.30. The van der Waals surface area contributed by atoms with Gasteiger partial charge in [0.1, 0.15) is 5.69 Å². The van der Waals surface area contributed by atoms with E-state index < -0.39 is 0 Å². The zero-order valence-electron chi connectivity index (χ0n) is 15.9. The van der Waals surface area contributed by atoms with E-state index in [-0.39, 0.29) is 6.09 Å². The molecule has 1 saturated heterocycles.